The quantitative estimate of drug-likeness (QED) is 0.394. The number of fused-ring (bicyclic) bond motifs is 1. The lowest BCUT2D eigenvalue weighted by Gasteiger charge is -2.30. The summed E-state index contributed by atoms with van der Waals surface area (Å²) in [5, 5.41) is 8.39. The highest BCUT2D eigenvalue weighted by Crippen LogP contribution is 2.33. The van der Waals surface area contributed by atoms with Crippen LogP contribution in [0.1, 0.15) is 23.6 Å². The molecule has 5 rings (SSSR count). The van der Waals surface area contributed by atoms with E-state index in [1.165, 1.54) is 18.6 Å². The maximum absolute atomic E-state index is 12.2. The van der Waals surface area contributed by atoms with E-state index in [0.717, 1.165) is 51.1 Å². The Morgan fingerprint density at radius 3 is 2.75 bits per heavy atom. The third-order valence-corrected chi connectivity index (χ3v) is 6.32. The molecule has 192 valence electrons. The largest absolute Gasteiger partial charge is 0.372 e. The van der Waals surface area contributed by atoms with Gasteiger partial charge in [0, 0.05) is 48.6 Å². The van der Waals surface area contributed by atoms with Gasteiger partial charge in [0.1, 0.15) is 6.33 Å². The van der Waals surface area contributed by atoms with E-state index in [1.54, 1.807) is 10.7 Å². The van der Waals surface area contributed by atoms with E-state index in [4.69, 9.17) is 16.3 Å². The molecular weight excluding hydrogens is 527 g/mol. The Bertz CT molecular complexity index is 1450. The van der Waals surface area contributed by atoms with Gasteiger partial charge in [0.05, 0.1) is 30.0 Å². The number of H-pyrrole nitrogens is 1. The molecule has 0 bridgehead atoms. The fourth-order valence-electron chi connectivity index (χ4n) is 4.54. The van der Waals surface area contributed by atoms with Gasteiger partial charge in [-0.25, -0.2) is 14.3 Å². The Kier molecular flexibility index (Phi) is 8.97. The van der Waals surface area contributed by atoms with Gasteiger partial charge in [-0.2, -0.15) is 5.10 Å². The third kappa shape index (κ3) is 5.66. The number of aromatic nitrogens is 5. The summed E-state index contributed by atoms with van der Waals surface area (Å²) >= 11 is 6.47. The van der Waals surface area contributed by atoms with Crippen LogP contribution in [-0.2, 0) is 17.7 Å². The number of ether oxygens (including phenoxy) is 1. The Hall–Kier alpha value is -2.69. The van der Waals surface area contributed by atoms with Gasteiger partial charge in [-0.15, -0.1) is 24.8 Å². The number of nitrogens with zero attached hydrogens (tertiary/aromatic N) is 4. The molecule has 2 atom stereocenters. The first-order chi connectivity index (χ1) is 16.4. The number of nitrogens with one attached hydrogen (secondary N) is 2. The number of benzene rings is 1. The summed E-state index contributed by atoms with van der Waals surface area (Å²) in [4.78, 5) is 31.4. The van der Waals surface area contributed by atoms with E-state index < -0.39 is 5.69 Å². The van der Waals surface area contributed by atoms with Crippen LogP contribution < -0.4 is 16.6 Å². The fraction of sp³-hybridized carbons (Fsp3) is 0.333. The molecule has 1 unspecified atom stereocenters. The number of morpholine rings is 1. The van der Waals surface area contributed by atoms with Crippen molar-refractivity contribution >= 4 is 41.9 Å². The molecule has 0 amide bonds. The molecule has 1 aliphatic rings. The van der Waals surface area contributed by atoms with Gasteiger partial charge >= 0.3 is 5.69 Å². The fourth-order valence-corrected chi connectivity index (χ4v) is 4.81. The Labute approximate surface area is 224 Å². The number of hydrogen-bond donors (Lipinski definition) is 2. The number of aryl methyl sites for hydroxylation is 1. The van der Waals surface area contributed by atoms with Gasteiger partial charge in [0.2, 0.25) is 0 Å². The first-order valence-electron chi connectivity index (χ1n) is 11.2. The number of rotatable bonds is 5. The van der Waals surface area contributed by atoms with Crippen molar-refractivity contribution in [2.45, 2.75) is 39.0 Å². The van der Waals surface area contributed by atoms with Crippen LogP contribution in [0.4, 0.5) is 0 Å². The molecule has 0 aliphatic carbocycles. The summed E-state index contributed by atoms with van der Waals surface area (Å²) in [5.41, 5.74) is 4.52. The maximum atomic E-state index is 12.2. The standard InChI is InChI=1S/C24H25ClN6O3.2ClH/c1-14-5-17(25)7-20(19(14)8-18-10-26-9-15(2)34-18)23-21-6-16(12-31(21)29-13-28-23)11-30-22(32)3-4-27-24(30)33;;/h3-7,12-13,15,18,26H,8-11H2,1-2H3,(H,27,33);2*1H/t15-,18?;;/m0../s1. The van der Waals surface area contributed by atoms with Crippen molar-refractivity contribution in [1.82, 2.24) is 29.5 Å². The van der Waals surface area contributed by atoms with Crippen LogP contribution in [0.2, 0.25) is 5.02 Å². The lowest BCUT2D eigenvalue weighted by Crippen LogP contribution is -2.44. The van der Waals surface area contributed by atoms with Crippen molar-refractivity contribution in [3.05, 3.63) is 85.5 Å². The van der Waals surface area contributed by atoms with Gasteiger partial charge in [-0.3, -0.25) is 9.36 Å². The van der Waals surface area contributed by atoms with E-state index in [0.29, 0.717) is 11.4 Å². The second-order valence-electron chi connectivity index (χ2n) is 8.67. The van der Waals surface area contributed by atoms with Crippen LogP contribution in [0, 0.1) is 6.92 Å². The minimum absolute atomic E-state index is 0. The SMILES string of the molecule is Cc1cc(Cl)cc(-c2ncnn3cc(Cn4c(=O)cc[nH]c4=O)cc23)c1CC1CNC[C@H](C)O1.Cl.Cl. The molecule has 4 aromatic rings. The monoisotopic (exact) mass is 552 g/mol. The van der Waals surface area contributed by atoms with Crippen LogP contribution >= 0.6 is 36.4 Å². The van der Waals surface area contributed by atoms with Crippen LogP contribution in [0.5, 0.6) is 0 Å². The van der Waals surface area contributed by atoms with Gasteiger partial charge < -0.3 is 15.0 Å². The molecule has 0 saturated carbocycles. The molecule has 1 aliphatic heterocycles. The first-order valence-corrected chi connectivity index (χ1v) is 11.5. The highest BCUT2D eigenvalue weighted by atomic mass is 35.5. The predicted octanol–water partition coefficient (Wildman–Crippen LogP) is 3.02. The summed E-state index contributed by atoms with van der Waals surface area (Å²) in [5.74, 6) is 0. The van der Waals surface area contributed by atoms with Crippen LogP contribution in [0.15, 0.2) is 52.6 Å². The van der Waals surface area contributed by atoms with Crippen LogP contribution in [-0.4, -0.2) is 49.4 Å². The smallest absolute Gasteiger partial charge is 0.328 e. The molecule has 0 spiro atoms. The number of halogens is 3. The first kappa shape index (κ1) is 27.9. The normalized spacial score (nSPS) is 17.4. The van der Waals surface area contributed by atoms with Gasteiger partial charge in [0.15, 0.2) is 0 Å². The van der Waals surface area contributed by atoms with Crippen LogP contribution in [0.3, 0.4) is 0 Å². The van der Waals surface area contributed by atoms with Crippen LogP contribution in [0.25, 0.3) is 16.8 Å². The van der Waals surface area contributed by atoms with Gasteiger partial charge in [-0.1, -0.05) is 11.6 Å². The molecule has 36 heavy (non-hydrogen) atoms. The van der Waals surface area contributed by atoms with Crippen molar-refractivity contribution in [2.24, 2.45) is 0 Å². The average Bonchev–Trinajstić information content (AvgIpc) is 3.21. The van der Waals surface area contributed by atoms with E-state index >= 15 is 0 Å². The molecule has 3 aromatic heterocycles. The number of aromatic amines is 1. The van der Waals surface area contributed by atoms with Crippen molar-refractivity contribution < 1.29 is 4.74 Å². The second kappa shape index (κ2) is 11.6. The summed E-state index contributed by atoms with van der Waals surface area (Å²) in [6.45, 7) is 5.85. The maximum Gasteiger partial charge on any atom is 0.328 e. The second-order valence-corrected chi connectivity index (χ2v) is 9.11. The molecule has 1 fully saturated rings. The zero-order valence-corrected chi connectivity index (χ0v) is 22.1. The molecule has 4 heterocycles. The molecule has 9 nitrogen and oxygen atoms in total. The van der Waals surface area contributed by atoms with Crippen molar-refractivity contribution in [2.75, 3.05) is 13.1 Å². The topological polar surface area (TPSA) is 106 Å². The molecule has 2 N–H and O–H groups in total. The van der Waals surface area contributed by atoms with E-state index in [1.807, 2.05) is 25.1 Å². The highest BCUT2D eigenvalue weighted by Gasteiger charge is 2.23. The summed E-state index contributed by atoms with van der Waals surface area (Å²) in [6.07, 6.45) is 5.54. The Balaban J connectivity index is 0.00000180. The zero-order valence-electron chi connectivity index (χ0n) is 19.7. The van der Waals surface area contributed by atoms with Crippen molar-refractivity contribution in [1.29, 1.82) is 0 Å². The molecule has 1 saturated heterocycles. The van der Waals surface area contributed by atoms with Gasteiger partial charge in [-0.05, 0) is 48.7 Å². The third-order valence-electron chi connectivity index (χ3n) is 6.10. The van der Waals surface area contributed by atoms with E-state index in [9.17, 15) is 9.59 Å². The lowest BCUT2D eigenvalue weighted by molar-refractivity contribution is -0.0262. The lowest BCUT2D eigenvalue weighted by atomic mass is 9.93. The predicted molar refractivity (Wildman–Crippen MR) is 144 cm³/mol. The van der Waals surface area contributed by atoms with Crippen molar-refractivity contribution in [3.63, 3.8) is 0 Å². The number of hydrogen-bond acceptors (Lipinski definition) is 6. The van der Waals surface area contributed by atoms with Gasteiger partial charge in [0.25, 0.3) is 5.56 Å². The molecular formula is C24H27Cl3N6O3. The van der Waals surface area contributed by atoms with E-state index in [2.05, 4.69) is 27.3 Å². The minimum atomic E-state index is -0.461. The molecule has 12 heteroatoms. The van der Waals surface area contributed by atoms with E-state index in [-0.39, 0.29) is 49.1 Å². The summed E-state index contributed by atoms with van der Waals surface area (Å²) in [7, 11) is 0. The molecule has 1 aromatic carbocycles. The Morgan fingerprint density at radius 2 is 2.00 bits per heavy atom. The Morgan fingerprint density at radius 1 is 1.19 bits per heavy atom. The summed E-state index contributed by atoms with van der Waals surface area (Å²) < 4.78 is 9.00. The zero-order chi connectivity index (χ0) is 23.8. The summed E-state index contributed by atoms with van der Waals surface area (Å²) in [6, 6.07) is 7.10. The van der Waals surface area contributed by atoms with Crippen molar-refractivity contribution in [3.8, 4) is 11.3 Å². The highest BCUT2D eigenvalue weighted by molar-refractivity contribution is 6.31. The average molecular weight is 554 g/mol. The minimum Gasteiger partial charge on any atom is -0.372 e. The molecule has 0 radical (unpaired) electrons.